The van der Waals surface area contributed by atoms with E-state index in [2.05, 4.69) is 0 Å². The highest BCUT2D eigenvalue weighted by Gasteiger charge is 3.04. The summed E-state index contributed by atoms with van der Waals surface area (Å²) in [4.78, 5) is 40.0. The van der Waals surface area contributed by atoms with Crippen LogP contribution in [0.1, 0.15) is 45.2 Å². The van der Waals surface area contributed by atoms with Crippen LogP contribution in [-0.4, -0.2) is 70.0 Å². The number of fused-ring (bicyclic) bond motifs is 1. The highest BCUT2D eigenvalue weighted by molar-refractivity contribution is 5.94. The van der Waals surface area contributed by atoms with Gasteiger partial charge in [0.1, 0.15) is 12.2 Å². The molecule has 2 aliphatic carbocycles. The van der Waals surface area contributed by atoms with Crippen LogP contribution in [0.5, 0.6) is 0 Å². The molecular weight excluding hydrogens is 496 g/mol. The Labute approximate surface area is 219 Å². The number of rotatable bonds is 3. The molecule has 0 amide bonds. The molecule has 204 valence electrons. The van der Waals surface area contributed by atoms with Crippen LogP contribution in [-0.2, 0) is 44.7 Å². The molecule has 0 radical (unpaired) electrons. The molecule has 0 aromatic heterocycles. The molecule has 2 N–H and O–H groups in total. The van der Waals surface area contributed by atoms with E-state index in [1.807, 2.05) is 52.0 Å². The smallest absolute Gasteiger partial charge is 0.343 e. The van der Waals surface area contributed by atoms with Gasteiger partial charge < -0.3 is 33.9 Å². The van der Waals surface area contributed by atoms with E-state index < -0.39 is 87.9 Å². The molecule has 11 atom stereocenters. The van der Waals surface area contributed by atoms with Gasteiger partial charge in [0.05, 0.1) is 23.4 Å². The standard InChI is InChI=1S/C28H32O10/c1-12-6-8-14(9-7-12)11-34-19-21(31)37-23-25(19)15(24(3,4)5)10-16-26(25)17(29)18-27(33,13(2)20(30)36-18)28(26,38-23)22(32)35-16/h6-9,13,15-19,23,29,33H,10-11H2,1-5H3/t13-,15?,16?,17+,18?,19?,23?,25?,26?,27-,28?/m1/s1. The fourth-order valence-corrected chi connectivity index (χ4v) is 9.16. The van der Waals surface area contributed by atoms with E-state index in [0.717, 1.165) is 11.1 Å². The van der Waals surface area contributed by atoms with Crippen LogP contribution in [0.25, 0.3) is 0 Å². The van der Waals surface area contributed by atoms with Gasteiger partial charge in [0.25, 0.3) is 0 Å². The average Bonchev–Trinajstić information content (AvgIpc) is 3.56. The van der Waals surface area contributed by atoms with Gasteiger partial charge >= 0.3 is 17.9 Å². The van der Waals surface area contributed by atoms with Crippen molar-refractivity contribution in [3.63, 3.8) is 0 Å². The number of carbonyl (C=O) groups is 3. The maximum absolute atomic E-state index is 13.8. The topological polar surface area (TPSA) is 138 Å². The van der Waals surface area contributed by atoms with Crippen LogP contribution in [0, 0.1) is 35.0 Å². The highest BCUT2D eigenvalue weighted by Crippen LogP contribution is 2.84. The quantitative estimate of drug-likeness (QED) is 0.434. The van der Waals surface area contributed by atoms with Crippen molar-refractivity contribution >= 4 is 17.9 Å². The summed E-state index contributed by atoms with van der Waals surface area (Å²) in [6, 6.07) is 7.68. The van der Waals surface area contributed by atoms with Crippen molar-refractivity contribution in [2.24, 2.45) is 28.1 Å². The Kier molecular flexibility index (Phi) is 4.49. The molecular formula is C28H32O10. The fraction of sp³-hybridized carbons (Fsp3) is 0.679. The van der Waals surface area contributed by atoms with Gasteiger partial charge in [-0.3, -0.25) is 4.79 Å². The molecule has 7 rings (SSSR count). The summed E-state index contributed by atoms with van der Waals surface area (Å²) >= 11 is 0. The van der Waals surface area contributed by atoms with Gasteiger partial charge in [0, 0.05) is 0 Å². The molecule has 8 unspecified atom stereocenters. The largest absolute Gasteiger partial charge is 0.459 e. The second kappa shape index (κ2) is 6.96. The molecule has 10 nitrogen and oxygen atoms in total. The molecule has 38 heavy (non-hydrogen) atoms. The van der Waals surface area contributed by atoms with E-state index in [-0.39, 0.29) is 6.61 Å². The maximum atomic E-state index is 13.8. The molecule has 6 fully saturated rings. The van der Waals surface area contributed by atoms with Gasteiger partial charge in [-0.05, 0) is 37.2 Å². The van der Waals surface area contributed by atoms with Crippen molar-refractivity contribution in [1.82, 2.24) is 0 Å². The van der Waals surface area contributed by atoms with Crippen molar-refractivity contribution in [3.05, 3.63) is 35.4 Å². The van der Waals surface area contributed by atoms with Crippen LogP contribution in [0.15, 0.2) is 24.3 Å². The molecule has 10 heteroatoms. The number of aliphatic hydroxyl groups is 2. The Bertz CT molecular complexity index is 1270. The molecule has 6 aliphatic rings. The van der Waals surface area contributed by atoms with Crippen LogP contribution < -0.4 is 0 Å². The first-order chi connectivity index (χ1) is 17.8. The first kappa shape index (κ1) is 24.5. The lowest BCUT2D eigenvalue weighted by atomic mass is 9.51. The van der Waals surface area contributed by atoms with Crippen LogP contribution in [0.4, 0.5) is 0 Å². The first-order valence-electron chi connectivity index (χ1n) is 13.2. The lowest BCUT2D eigenvalue weighted by Crippen LogP contribution is -2.67. The van der Waals surface area contributed by atoms with Crippen molar-refractivity contribution in [1.29, 1.82) is 0 Å². The Hall–Kier alpha value is -2.53. The zero-order valence-corrected chi connectivity index (χ0v) is 21.9. The molecule has 4 heterocycles. The zero-order valence-electron chi connectivity index (χ0n) is 21.9. The normalized spacial score (nSPS) is 49.9. The van der Waals surface area contributed by atoms with E-state index in [1.165, 1.54) is 6.92 Å². The highest BCUT2D eigenvalue weighted by atomic mass is 16.8. The van der Waals surface area contributed by atoms with Crippen molar-refractivity contribution in [2.45, 2.75) is 89.6 Å². The van der Waals surface area contributed by atoms with E-state index in [9.17, 15) is 24.6 Å². The molecule has 2 saturated carbocycles. The predicted octanol–water partition coefficient (Wildman–Crippen LogP) is 1.16. The Balaban J connectivity index is 1.45. The van der Waals surface area contributed by atoms with Gasteiger partial charge in [-0.1, -0.05) is 50.6 Å². The third-order valence-electron chi connectivity index (χ3n) is 10.5. The minimum Gasteiger partial charge on any atom is -0.459 e. The summed E-state index contributed by atoms with van der Waals surface area (Å²) in [6.45, 7) is 9.50. The van der Waals surface area contributed by atoms with E-state index in [0.29, 0.717) is 6.42 Å². The second-order valence-electron chi connectivity index (χ2n) is 12.9. The van der Waals surface area contributed by atoms with E-state index >= 15 is 0 Å². The number of aliphatic hydroxyl groups excluding tert-OH is 1. The lowest BCUT2D eigenvalue weighted by molar-refractivity contribution is -0.240. The third-order valence-corrected chi connectivity index (χ3v) is 10.5. The summed E-state index contributed by atoms with van der Waals surface area (Å²) in [6.07, 6.45) is -6.18. The number of hydrogen-bond donors (Lipinski definition) is 2. The van der Waals surface area contributed by atoms with Gasteiger partial charge in [0.2, 0.25) is 11.9 Å². The third kappa shape index (κ3) is 2.21. The molecule has 4 aliphatic heterocycles. The van der Waals surface area contributed by atoms with Crippen molar-refractivity contribution in [3.8, 4) is 0 Å². The zero-order chi connectivity index (χ0) is 27.2. The number of aryl methyl sites for hydroxylation is 1. The van der Waals surface area contributed by atoms with Crippen molar-refractivity contribution < 1.29 is 48.3 Å². The Morgan fingerprint density at radius 3 is 2.39 bits per heavy atom. The van der Waals surface area contributed by atoms with Crippen LogP contribution in [0.3, 0.4) is 0 Å². The van der Waals surface area contributed by atoms with Gasteiger partial charge in [-0.15, -0.1) is 0 Å². The predicted molar refractivity (Wildman–Crippen MR) is 126 cm³/mol. The first-order valence-corrected chi connectivity index (χ1v) is 13.2. The number of ether oxygens (including phenoxy) is 5. The monoisotopic (exact) mass is 528 g/mol. The fourth-order valence-electron chi connectivity index (χ4n) is 9.16. The summed E-state index contributed by atoms with van der Waals surface area (Å²) in [5, 5.41) is 24.3. The lowest BCUT2D eigenvalue weighted by Gasteiger charge is -2.48. The Morgan fingerprint density at radius 1 is 1.05 bits per heavy atom. The van der Waals surface area contributed by atoms with E-state index in [4.69, 9.17) is 23.7 Å². The average molecular weight is 529 g/mol. The van der Waals surface area contributed by atoms with Crippen LogP contribution in [0.2, 0.25) is 0 Å². The van der Waals surface area contributed by atoms with Crippen LogP contribution >= 0.6 is 0 Å². The summed E-state index contributed by atoms with van der Waals surface area (Å²) in [5.74, 6) is -3.88. The van der Waals surface area contributed by atoms with Crippen molar-refractivity contribution in [2.75, 3.05) is 0 Å². The minimum absolute atomic E-state index is 0.0725. The summed E-state index contributed by atoms with van der Waals surface area (Å²) in [5.41, 5.74) is -6.05. The maximum Gasteiger partial charge on any atom is 0.343 e. The number of hydrogen-bond acceptors (Lipinski definition) is 10. The van der Waals surface area contributed by atoms with Gasteiger partial charge in [-0.2, -0.15) is 0 Å². The van der Waals surface area contributed by atoms with Gasteiger partial charge in [0.15, 0.2) is 17.8 Å². The second-order valence-corrected chi connectivity index (χ2v) is 12.9. The van der Waals surface area contributed by atoms with Gasteiger partial charge in [-0.25, -0.2) is 9.59 Å². The molecule has 2 spiro atoms. The number of benzene rings is 1. The molecule has 1 aromatic carbocycles. The summed E-state index contributed by atoms with van der Waals surface area (Å²) in [7, 11) is 0. The Morgan fingerprint density at radius 2 is 1.74 bits per heavy atom. The molecule has 4 saturated heterocycles. The summed E-state index contributed by atoms with van der Waals surface area (Å²) < 4.78 is 30.0. The number of esters is 3. The minimum atomic E-state index is -2.23. The molecule has 0 bridgehead atoms. The van der Waals surface area contributed by atoms with E-state index in [1.54, 1.807) is 0 Å². The SMILES string of the molecule is Cc1ccc(COC2C(=O)OC3OC45C(=O)OC6CC(C(C)(C)C)C32C64[C@@H](O)C2OC(=O)[C@@H](C)[C@@]25O)cc1. The molecule has 1 aromatic rings. The number of carbonyl (C=O) groups excluding carboxylic acids is 3.